The summed E-state index contributed by atoms with van der Waals surface area (Å²) in [5.74, 6) is 7.02. The van der Waals surface area contributed by atoms with Gasteiger partial charge in [0, 0.05) is 12.1 Å². The third-order valence-electron chi connectivity index (χ3n) is 4.17. The molecule has 1 aliphatic carbocycles. The first-order valence-electron chi connectivity index (χ1n) is 7.45. The average molecular weight is 283 g/mol. The Morgan fingerprint density at radius 3 is 3.05 bits per heavy atom. The molecular formula is C17H21N3O. The van der Waals surface area contributed by atoms with Crippen molar-refractivity contribution in [1.82, 2.24) is 10.4 Å². The number of nitrogens with zero attached hydrogens (tertiary/aromatic N) is 1. The molecule has 2 aromatic rings. The highest BCUT2D eigenvalue weighted by atomic mass is 16.5. The summed E-state index contributed by atoms with van der Waals surface area (Å²) in [6.07, 6.45) is 5.82. The van der Waals surface area contributed by atoms with Crippen LogP contribution in [0.5, 0.6) is 5.75 Å². The highest BCUT2D eigenvalue weighted by Crippen LogP contribution is 2.41. The molecule has 0 fully saturated rings. The molecule has 2 atom stereocenters. The Balaban J connectivity index is 1.91. The van der Waals surface area contributed by atoms with Gasteiger partial charge in [-0.05, 0) is 42.5 Å². The molecule has 0 spiro atoms. The van der Waals surface area contributed by atoms with Gasteiger partial charge in [0.15, 0.2) is 0 Å². The molecule has 0 bridgehead atoms. The topological polar surface area (TPSA) is 60.2 Å². The molecular weight excluding hydrogens is 262 g/mol. The number of benzene rings is 1. The first-order valence-corrected chi connectivity index (χ1v) is 7.45. The molecule has 1 heterocycles. The fraction of sp³-hybridized carbons (Fsp3) is 0.353. The lowest BCUT2D eigenvalue weighted by Crippen LogP contribution is -2.32. The number of fused-ring (bicyclic) bond motifs is 1. The summed E-state index contributed by atoms with van der Waals surface area (Å²) < 4.78 is 5.54. The molecule has 21 heavy (non-hydrogen) atoms. The third-order valence-corrected chi connectivity index (χ3v) is 4.17. The maximum absolute atomic E-state index is 5.85. The van der Waals surface area contributed by atoms with Crippen LogP contribution in [0.3, 0.4) is 0 Å². The van der Waals surface area contributed by atoms with Crippen LogP contribution in [0, 0.1) is 0 Å². The van der Waals surface area contributed by atoms with Gasteiger partial charge < -0.3 is 4.74 Å². The van der Waals surface area contributed by atoms with Crippen molar-refractivity contribution in [3.8, 4) is 5.75 Å². The number of ether oxygens (including phenoxy) is 1. The number of hydrazine groups is 1. The Kier molecular flexibility index (Phi) is 4.18. The Bertz CT molecular complexity index is 614. The normalized spacial score (nSPS) is 18.3. The number of nitrogens with one attached hydrogen (secondary N) is 1. The van der Waals surface area contributed by atoms with Crippen molar-refractivity contribution in [3.63, 3.8) is 0 Å². The molecule has 1 aromatic carbocycles. The van der Waals surface area contributed by atoms with Crippen molar-refractivity contribution in [1.29, 1.82) is 0 Å². The molecule has 0 amide bonds. The van der Waals surface area contributed by atoms with Crippen LogP contribution in [0.4, 0.5) is 0 Å². The minimum absolute atomic E-state index is 0.0570. The van der Waals surface area contributed by atoms with E-state index in [1.807, 2.05) is 19.2 Å². The van der Waals surface area contributed by atoms with Crippen LogP contribution >= 0.6 is 0 Å². The lowest BCUT2D eigenvalue weighted by molar-refractivity contribution is 0.337. The first-order chi connectivity index (χ1) is 10.3. The van der Waals surface area contributed by atoms with E-state index in [0.717, 1.165) is 24.2 Å². The van der Waals surface area contributed by atoms with Crippen molar-refractivity contribution in [2.24, 2.45) is 5.84 Å². The monoisotopic (exact) mass is 283 g/mol. The molecule has 0 radical (unpaired) electrons. The summed E-state index contributed by atoms with van der Waals surface area (Å²) >= 11 is 0. The quantitative estimate of drug-likeness (QED) is 0.654. The fourth-order valence-corrected chi connectivity index (χ4v) is 3.23. The van der Waals surface area contributed by atoms with Gasteiger partial charge in [0.25, 0.3) is 0 Å². The molecule has 1 aliphatic rings. The predicted molar refractivity (Wildman–Crippen MR) is 83.0 cm³/mol. The summed E-state index contributed by atoms with van der Waals surface area (Å²) in [5.41, 5.74) is 6.87. The van der Waals surface area contributed by atoms with Gasteiger partial charge in [-0.1, -0.05) is 24.3 Å². The van der Waals surface area contributed by atoms with Crippen LogP contribution in [0.2, 0.25) is 0 Å². The second-order valence-electron chi connectivity index (χ2n) is 5.38. The maximum Gasteiger partial charge on any atom is 0.137 e. The van der Waals surface area contributed by atoms with E-state index in [2.05, 4.69) is 34.7 Å². The number of hydrogen-bond acceptors (Lipinski definition) is 4. The smallest absolute Gasteiger partial charge is 0.137 e. The van der Waals surface area contributed by atoms with E-state index in [9.17, 15) is 0 Å². The Labute approximate surface area is 125 Å². The Morgan fingerprint density at radius 2 is 2.24 bits per heavy atom. The van der Waals surface area contributed by atoms with E-state index in [0.29, 0.717) is 12.5 Å². The van der Waals surface area contributed by atoms with Gasteiger partial charge in [0.05, 0.1) is 18.8 Å². The molecule has 3 rings (SSSR count). The van der Waals surface area contributed by atoms with Crippen molar-refractivity contribution in [2.45, 2.75) is 31.7 Å². The largest absolute Gasteiger partial charge is 0.492 e. The van der Waals surface area contributed by atoms with E-state index in [1.54, 1.807) is 6.20 Å². The Morgan fingerprint density at radius 1 is 1.38 bits per heavy atom. The lowest BCUT2D eigenvalue weighted by Gasteiger charge is -2.24. The summed E-state index contributed by atoms with van der Waals surface area (Å²) in [5, 5.41) is 0. The molecule has 110 valence electrons. The van der Waals surface area contributed by atoms with E-state index in [-0.39, 0.29) is 6.04 Å². The van der Waals surface area contributed by atoms with Crippen molar-refractivity contribution >= 4 is 0 Å². The summed E-state index contributed by atoms with van der Waals surface area (Å²) in [6, 6.07) is 10.7. The van der Waals surface area contributed by atoms with Crippen LogP contribution in [0.15, 0.2) is 42.7 Å². The molecule has 3 N–H and O–H groups in total. The number of pyridine rings is 1. The van der Waals surface area contributed by atoms with Crippen LogP contribution in [0.25, 0.3) is 0 Å². The van der Waals surface area contributed by atoms with Gasteiger partial charge in [0.2, 0.25) is 0 Å². The summed E-state index contributed by atoms with van der Waals surface area (Å²) in [6.45, 7) is 2.61. The molecule has 0 saturated carbocycles. The SMILES string of the molecule is CCOc1cncc(C(NN)C2CCc3ccccc32)c1. The standard InChI is InChI=1S/C17H21N3O/c1-2-21-14-9-13(10-19-11-14)17(20-18)16-8-7-12-5-3-4-6-15(12)16/h3-6,9-11,16-17,20H,2,7-8,18H2,1H3. The van der Waals surface area contributed by atoms with Gasteiger partial charge in [0.1, 0.15) is 5.75 Å². The predicted octanol–water partition coefficient (Wildman–Crippen LogP) is 2.71. The minimum Gasteiger partial charge on any atom is -0.492 e. The molecule has 0 aliphatic heterocycles. The van der Waals surface area contributed by atoms with E-state index in [4.69, 9.17) is 10.6 Å². The first kappa shape index (κ1) is 14.0. The van der Waals surface area contributed by atoms with Crippen molar-refractivity contribution < 1.29 is 4.74 Å². The van der Waals surface area contributed by atoms with Gasteiger partial charge >= 0.3 is 0 Å². The minimum atomic E-state index is 0.0570. The highest BCUT2D eigenvalue weighted by molar-refractivity contribution is 5.38. The van der Waals surface area contributed by atoms with Crippen LogP contribution < -0.4 is 16.0 Å². The van der Waals surface area contributed by atoms with E-state index >= 15 is 0 Å². The number of aryl methyl sites for hydroxylation is 1. The third kappa shape index (κ3) is 2.77. The van der Waals surface area contributed by atoms with Gasteiger partial charge in [-0.15, -0.1) is 0 Å². The van der Waals surface area contributed by atoms with Gasteiger partial charge in [-0.3, -0.25) is 16.3 Å². The molecule has 2 unspecified atom stereocenters. The summed E-state index contributed by atoms with van der Waals surface area (Å²) in [4.78, 5) is 4.28. The highest BCUT2D eigenvalue weighted by Gasteiger charge is 2.30. The number of hydrogen-bond donors (Lipinski definition) is 2. The van der Waals surface area contributed by atoms with Crippen LogP contribution in [0.1, 0.15) is 42.0 Å². The molecule has 1 aromatic heterocycles. The Hall–Kier alpha value is -1.91. The number of nitrogens with two attached hydrogens (primary N) is 1. The second kappa shape index (κ2) is 6.24. The van der Waals surface area contributed by atoms with Crippen LogP contribution in [-0.2, 0) is 6.42 Å². The zero-order valence-electron chi connectivity index (χ0n) is 12.3. The number of aromatic nitrogens is 1. The molecule has 4 nitrogen and oxygen atoms in total. The fourth-order valence-electron chi connectivity index (χ4n) is 3.23. The molecule has 0 saturated heterocycles. The van der Waals surface area contributed by atoms with E-state index in [1.165, 1.54) is 11.1 Å². The van der Waals surface area contributed by atoms with Crippen molar-refractivity contribution in [3.05, 3.63) is 59.4 Å². The number of rotatable bonds is 5. The lowest BCUT2D eigenvalue weighted by atomic mass is 9.89. The zero-order chi connectivity index (χ0) is 14.7. The second-order valence-corrected chi connectivity index (χ2v) is 5.38. The van der Waals surface area contributed by atoms with Gasteiger partial charge in [-0.2, -0.15) is 0 Å². The van der Waals surface area contributed by atoms with E-state index < -0.39 is 0 Å². The maximum atomic E-state index is 5.85. The molecule has 4 heteroatoms. The zero-order valence-corrected chi connectivity index (χ0v) is 12.3. The summed E-state index contributed by atoms with van der Waals surface area (Å²) in [7, 11) is 0. The van der Waals surface area contributed by atoms with Crippen LogP contribution in [-0.4, -0.2) is 11.6 Å². The average Bonchev–Trinajstić information content (AvgIpc) is 2.93. The van der Waals surface area contributed by atoms with Gasteiger partial charge in [-0.25, -0.2) is 0 Å². The van der Waals surface area contributed by atoms with Crippen molar-refractivity contribution in [2.75, 3.05) is 6.61 Å².